The lowest BCUT2D eigenvalue weighted by Crippen LogP contribution is -2.36. The van der Waals surface area contributed by atoms with Gasteiger partial charge in [0, 0.05) is 39.1 Å². The molecule has 1 unspecified atom stereocenters. The van der Waals surface area contributed by atoms with Gasteiger partial charge in [0.1, 0.15) is 18.4 Å². The number of nitrogens with zero attached hydrogens (tertiary/aromatic N) is 3. The molecule has 0 spiro atoms. The Hall–Kier alpha value is -3.26. The standard InChI is InChI=1S/C31H28Cl2N4O2S/c1-31(2)15-25-27(26(38)16-31)28(37-29(34-25)35-30(36-37)40-18-19-7-4-3-5-8-19)20-11-13-21(14-12-20)39-17-22-23(32)9-6-10-24(22)33/h3-14,28H,15-18H2,1-2H3,(H,34,35,36). The van der Waals surface area contributed by atoms with Crippen LogP contribution in [0.25, 0.3) is 0 Å². The molecule has 3 aromatic carbocycles. The molecule has 6 nitrogen and oxygen atoms in total. The van der Waals surface area contributed by atoms with Crippen LogP contribution in [0.5, 0.6) is 5.75 Å². The fourth-order valence-electron chi connectivity index (χ4n) is 5.25. The molecule has 6 rings (SSSR count). The first-order chi connectivity index (χ1) is 19.3. The summed E-state index contributed by atoms with van der Waals surface area (Å²) in [6.45, 7) is 4.51. The van der Waals surface area contributed by atoms with E-state index in [0.29, 0.717) is 33.3 Å². The van der Waals surface area contributed by atoms with E-state index in [4.69, 9.17) is 38.0 Å². The zero-order chi connectivity index (χ0) is 27.9. The predicted molar refractivity (Wildman–Crippen MR) is 160 cm³/mol. The van der Waals surface area contributed by atoms with Crippen LogP contribution in [-0.2, 0) is 17.2 Å². The lowest BCUT2D eigenvalue weighted by atomic mass is 9.73. The maximum absolute atomic E-state index is 13.5. The monoisotopic (exact) mass is 590 g/mol. The number of hydrogen-bond acceptors (Lipinski definition) is 6. The van der Waals surface area contributed by atoms with Crippen molar-refractivity contribution in [2.75, 3.05) is 5.32 Å². The number of fused-ring (bicyclic) bond motifs is 1. The first kappa shape index (κ1) is 26.9. The zero-order valence-electron chi connectivity index (χ0n) is 22.2. The fourth-order valence-corrected chi connectivity index (χ4v) is 6.54. The van der Waals surface area contributed by atoms with Crippen LogP contribution in [-0.4, -0.2) is 20.5 Å². The molecule has 40 heavy (non-hydrogen) atoms. The smallest absolute Gasteiger partial charge is 0.227 e. The van der Waals surface area contributed by atoms with Gasteiger partial charge in [-0.25, -0.2) is 4.68 Å². The Morgan fingerprint density at radius 2 is 1.73 bits per heavy atom. The van der Waals surface area contributed by atoms with Gasteiger partial charge in [-0.1, -0.05) is 97.3 Å². The number of aromatic nitrogens is 3. The van der Waals surface area contributed by atoms with Gasteiger partial charge in [-0.2, -0.15) is 4.98 Å². The first-order valence-corrected chi connectivity index (χ1v) is 14.8. The van der Waals surface area contributed by atoms with Crippen molar-refractivity contribution in [3.8, 4) is 5.75 Å². The third kappa shape index (κ3) is 5.51. The number of ketones is 1. The molecule has 204 valence electrons. The van der Waals surface area contributed by atoms with E-state index in [2.05, 4.69) is 31.3 Å². The Morgan fingerprint density at radius 1 is 1.00 bits per heavy atom. The van der Waals surface area contributed by atoms with E-state index in [1.165, 1.54) is 5.56 Å². The number of carbonyl (C=O) groups excluding carboxylic acids is 1. The number of anilines is 1. The van der Waals surface area contributed by atoms with E-state index < -0.39 is 0 Å². The van der Waals surface area contributed by atoms with Crippen molar-refractivity contribution in [1.82, 2.24) is 14.8 Å². The maximum Gasteiger partial charge on any atom is 0.227 e. The highest BCUT2D eigenvalue weighted by Crippen LogP contribution is 2.46. The average Bonchev–Trinajstić information content (AvgIpc) is 3.33. The van der Waals surface area contributed by atoms with Gasteiger partial charge in [0.25, 0.3) is 0 Å². The first-order valence-electron chi connectivity index (χ1n) is 13.1. The summed E-state index contributed by atoms with van der Waals surface area (Å²) in [7, 11) is 0. The summed E-state index contributed by atoms with van der Waals surface area (Å²) >= 11 is 14.2. The minimum atomic E-state index is -0.375. The minimum absolute atomic E-state index is 0.127. The predicted octanol–water partition coefficient (Wildman–Crippen LogP) is 8.11. The van der Waals surface area contributed by atoms with Crippen LogP contribution >= 0.6 is 35.0 Å². The molecule has 1 aliphatic heterocycles. The van der Waals surface area contributed by atoms with Crippen molar-refractivity contribution in [2.45, 2.75) is 50.2 Å². The van der Waals surface area contributed by atoms with Gasteiger partial charge in [0.15, 0.2) is 5.78 Å². The zero-order valence-corrected chi connectivity index (χ0v) is 24.5. The molecule has 1 aliphatic carbocycles. The second-order valence-electron chi connectivity index (χ2n) is 10.9. The minimum Gasteiger partial charge on any atom is -0.489 e. The number of hydrogen-bond donors (Lipinski definition) is 1. The fraction of sp³-hybridized carbons (Fsp3) is 0.258. The topological polar surface area (TPSA) is 69.0 Å². The molecule has 2 aliphatic rings. The van der Waals surface area contributed by atoms with Gasteiger partial charge in [-0.05, 0) is 47.2 Å². The van der Waals surface area contributed by atoms with Crippen LogP contribution in [0.15, 0.2) is 89.2 Å². The highest BCUT2D eigenvalue weighted by molar-refractivity contribution is 7.98. The molecular formula is C31H28Cl2N4O2S. The molecule has 1 aromatic heterocycles. The van der Waals surface area contributed by atoms with Crippen molar-refractivity contribution < 1.29 is 9.53 Å². The number of nitrogens with one attached hydrogen (secondary N) is 1. The largest absolute Gasteiger partial charge is 0.489 e. The molecule has 4 aromatic rings. The summed E-state index contributed by atoms with van der Waals surface area (Å²) in [5.74, 6) is 2.22. The Kier molecular flexibility index (Phi) is 7.38. The average molecular weight is 592 g/mol. The normalized spacial score (nSPS) is 17.7. The van der Waals surface area contributed by atoms with Crippen LogP contribution in [0.2, 0.25) is 10.0 Å². The number of rotatable bonds is 7. The Morgan fingerprint density at radius 3 is 2.45 bits per heavy atom. The molecule has 0 fully saturated rings. The van der Waals surface area contributed by atoms with E-state index in [9.17, 15) is 4.79 Å². The summed E-state index contributed by atoms with van der Waals surface area (Å²) in [5.41, 5.74) is 4.44. The number of ether oxygens (including phenoxy) is 1. The van der Waals surface area contributed by atoms with Crippen molar-refractivity contribution in [2.24, 2.45) is 5.41 Å². The summed E-state index contributed by atoms with van der Waals surface area (Å²) in [6.07, 6.45) is 1.26. The summed E-state index contributed by atoms with van der Waals surface area (Å²) in [6, 6.07) is 23.0. The lowest BCUT2D eigenvalue weighted by molar-refractivity contribution is -0.118. The Bertz CT molecular complexity index is 1580. The number of halogens is 2. The highest BCUT2D eigenvalue weighted by Gasteiger charge is 2.41. The van der Waals surface area contributed by atoms with E-state index in [0.717, 1.165) is 34.6 Å². The molecule has 0 amide bonds. The summed E-state index contributed by atoms with van der Waals surface area (Å²) in [5, 5.41) is 10.1. The second kappa shape index (κ2) is 11.0. The van der Waals surface area contributed by atoms with Crippen LogP contribution in [0.1, 0.15) is 49.4 Å². The van der Waals surface area contributed by atoms with Gasteiger partial charge < -0.3 is 10.1 Å². The number of Topliss-reactive ketones (excluding diaryl/α,β-unsaturated/α-hetero) is 1. The number of thioether (sulfide) groups is 1. The molecule has 1 atom stereocenters. The van der Waals surface area contributed by atoms with Crippen molar-refractivity contribution in [3.05, 3.63) is 111 Å². The Labute approximate surface area is 247 Å². The molecule has 0 saturated carbocycles. The van der Waals surface area contributed by atoms with Gasteiger partial charge in [-0.15, -0.1) is 5.10 Å². The molecule has 9 heteroatoms. The van der Waals surface area contributed by atoms with E-state index in [1.54, 1.807) is 23.9 Å². The van der Waals surface area contributed by atoms with Gasteiger partial charge in [-0.3, -0.25) is 4.79 Å². The van der Waals surface area contributed by atoms with E-state index in [-0.39, 0.29) is 23.8 Å². The molecule has 2 heterocycles. The van der Waals surface area contributed by atoms with Crippen LogP contribution < -0.4 is 10.1 Å². The van der Waals surface area contributed by atoms with E-state index in [1.807, 2.05) is 53.2 Å². The summed E-state index contributed by atoms with van der Waals surface area (Å²) < 4.78 is 7.85. The molecule has 1 N–H and O–H groups in total. The maximum atomic E-state index is 13.5. The van der Waals surface area contributed by atoms with Gasteiger partial charge >= 0.3 is 0 Å². The van der Waals surface area contributed by atoms with Crippen LogP contribution in [0, 0.1) is 5.41 Å². The molecule has 0 bridgehead atoms. The number of allylic oxidation sites excluding steroid dienone is 2. The van der Waals surface area contributed by atoms with Crippen LogP contribution in [0.3, 0.4) is 0 Å². The van der Waals surface area contributed by atoms with Gasteiger partial charge in [0.05, 0.1) is 0 Å². The highest BCUT2D eigenvalue weighted by atomic mass is 35.5. The molecular weight excluding hydrogens is 563 g/mol. The van der Waals surface area contributed by atoms with E-state index >= 15 is 0 Å². The van der Waals surface area contributed by atoms with Crippen molar-refractivity contribution in [3.63, 3.8) is 0 Å². The summed E-state index contributed by atoms with van der Waals surface area (Å²) in [4.78, 5) is 18.3. The lowest BCUT2D eigenvalue weighted by Gasteiger charge is -2.38. The quantitative estimate of drug-likeness (QED) is 0.219. The third-order valence-electron chi connectivity index (χ3n) is 7.16. The molecule has 0 saturated heterocycles. The third-order valence-corrected chi connectivity index (χ3v) is 8.78. The van der Waals surface area contributed by atoms with Crippen molar-refractivity contribution >= 4 is 46.7 Å². The van der Waals surface area contributed by atoms with Crippen molar-refractivity contribution in [1.29, 1.82) is 0 Å². The number of benzene rings is 3. The Balaban J connectivity index is 1.30. The van der Waals surface area contributed by atoms with Crippen LogP contribution in [0.4, 0.5) is 5.95 Å². The van der Waals surface area contributed by atoms with Gasteiger partial charge in [0.2, 0.25) is 11.1 Å². The SMILES string of the molecule is CC1(C)CC(=O)C2=C(C1)Nc1nc(SCc3ccccc3)nn1C2c1ccc(OCc2c(Cl)cccc2Cl)cc1. The second-order valence-corrected chi connectivity index (χ2v) is 12.6. The molecule has 0 radical (unpaired) electrons. The number of carbonyl (C=O) groups is 1.